The molecule has 16 heavy (non-hydrogen) atoms. The highest BCUT2D eigenvalue weighted by atomic mass is 14.9. The third-order valence-corrected chi connectivity index (χ3v) is 3.04. The van der Waals surface area contributed by atoms with Gasteiger partial charge in [-0.3, -0.25) is 0 Å². The fraction of sp³-hybridized carbons (Fsp3) is 0.615. The van der Waals surface area contributed by atoms with Crippen molar-refractivity contribution in [3.05, 3.63) is 18.3 Å². The molecule has 90 valence electrons. The first kappa shape index (κ1) is 12.8. The first-order valence-corrected chi connectivity index (χ1v) is 5.96. The molecular weight excluding hydrogens is 198 g/mol. The average molecular weight is 221 g/mol. The molecule has 0 amide bonds. The molecule has 0 saturated carbocycles. The van der Waals surface area contributed by atoms with E-state index in [1.165, 1.54) is 0 Å². The molecule has 0 atom stereocenters. The number of nitrogens with one attached hydrogen (secondary N) is 1. The molecule has 1 rings (SSSR count). The van der Waals surface area contributed by atoms with Gasteiger partial charge < -0.3 is 11.1 Å². The second kappa shape index (κ2) is 5.73. The third kappa shape index (κ3) is 3.72. The molecule has 0 unspecified atom stereocenters. The van der Waals surface area contributed by atoms with Crippen LogP contribution >= 0.6 is 0 Å². The second-order valence-corrected chi connectivity index (χ2v) is 5.00. The summed E-state index contributed by atoms with van der Waals surface area (Å²) >= 11 is 0. The zero-order valence-electron chi connectivity index (χ0n) is 10.7. The van der Waals surface area contributed by atoms with E-state index in [1.807, 2.05) is 12.1 Å². The number of nitrogen functional groups attached to an aromatic ring is 1. The molecule has 1 aromatic heterocycles. The Bertz CT molecular complexity index is 313. The zero-order chi connectivity index (χ0) is 12.1. The molecule has 0 bridgehead atoms. The molecule has 0 radical (unpaired) electrons. The summed E-state index contributed by atoms with van der Waals surface area (Å²) < 4.78 is 0. The summed E-state index contributed by atoms with van der Waals surface area (Å²) in [4.78, 5) is 3.97. The summed E-state index contributed by atoms with van der Waals surface area (Å²) in [6.07, 6.45) is 1.73. The van der Waals surface area contributed by atoms with E-state index < -0.39 is 0 Å². The van der Waals surface area contributed by atoms with Crippen molar-refractivity contribution in [2.75, 3.05) is 17.6 Å². The van der Waals surface area contributed by atoms with Gasteiger partial charge in [-0.05, 0) is 23.8 Å². The minimum Gasteiger partial charge on any atom is -0.385 e. The van der Waals surface area contributed by atoms with Gasteiger partial charge in [0.1, 0.15) is 5.82 Å². The lowest BCUT2D eigenvalue weighted by Crippen LogP contribution is -2.24. The summed E-state index contributed by atoms with van der Waals surface area (Å²) in [5.74, 6) is 2.61. The van der Waals surface area contributed by atoms with Crippen LogP contribution in [0.15, 0.2) is 18.3 Å². The Morgan fingerprint density at radius 1 is 1.25 bits per heavy atom. The van der Waals surface area contributed by atoms with Gasteiger partial charge in [0.25, 0.3) is 0 Å². The van der Waals surface area contributed by atoms with Crippen LogP contribution in [0.5, 0.6) is 0 Å². The average Bonchev–Trinajstić information content (AvgIpc) is 2.16. The summed E-state index contributed by atoms with van der Waals surface area (Å²) in [5.41, 5.74) is 6.69. The van der Waals surface area contributed by atoms with Crippen LogP contribution in [0.4, 0.5) is 11.5 Å². The van der Waals surface area contributed by atoms with Crippen LogP contribution in [0.25, 0.3) is 0 Å². The maximum absolute atomic E-state index is 5.63. The molecule has 1 aromatic rings. The minimum atomic E-state index is 0.565. The summed E-state index contributed by atoms with van der Waals surface area (Å²) in [6.45, 7) is 10.1. The Labute approximate surface area is 98.5 Å². The number of nitrogens with zero attached hydrogens (tertiary/aromatic N) is 1. The summed E-state index contributed by atoms with van der Waals surface area (Å²) in [6, 6.07) is 3.83. The highest BCUT2D eigenvalue weighted by molar-refractivity contribution is 5.49. The van der Waals surface area contributed by atoms with Gasteiger partial charge in [0.2, 0.25) is 0 Å². The Morgan fingerprint density at radius 2 is 1.88 bits per heavy atom. The zero-order valence-corrected chi connectivity index (χ0v) is 10.7. The molecule has 3 N–H and O–H groups in total. The van der Waals surface area contributed by atoms with Crippen LogP contribution in [-0.4, -0.2) is 11.5 Å². The molecule has 3 nitrogen and oxygen atoms in total. The minimum absolute atomic E-state index is 0.565. The van der Waals surface area contributed by atoms with E-state index in [0.29, 0.717) is 23.6 Å². The molecule has 0 aliphatic carbocycles. The van der Waals surface area contributed by atoms with Gasteiger partial charge in [0.15, 0.2) is 0 Å². The molecule has 0 spiro atoms. The number of hydrogen-bond acceptors (Lipinski definition) is 3. The molecule has 0 aliphatic rings. The predicted octanol–water partition coefficient (Wildman–Crippen LogP) is 3.00. The second-order valence-electron chi connectivity index (χ2n) is 5.00. The monoisotopic (exact) mass is 221 g/mol. The smallest absolute Gasteiger partial charge is 0.125 e. The Balaban J connectivity index is 2.55. The van der Waals surface area contributed by atoms with E-state index in [0.717, 1.165) is 12.2 Å². The molecule has 3 heteroatoms. The van der Waals surface area contributed by atoms with Crippen LogP contribution in [0.2, 0.25) is 0 Å². The standard InChI is InChI=1S/C13H23N3/c1-9(2)12(10(3)4)8-16-11-5-6-15-13(14)7-11/h5-7,9-10,12H,8H2,1-4H3,(H3,14,15,16). The predicted molar refractivity (Wildman–Crippen MR) is 70.3 cm³/mol. The number of nitrogens with two attached hydrogens (primary N) is 1. The van der Waals surface area contributed by atoms with Gasteiger partial charge in [-0.1, -0.05) is 27.7 Å². The quantitative estimate of drug-likeness (QED) is 0.803. The number of pyridine rings is 1. The lowest BCUT2D eigenvalue weighted by molar-refractivity contribution is 0.304. The highest BCUT2D eigenvalue weighted by Gasteiger charge is 2.16. The van der Waals surface area contributed by atoms with Gasteiger partial charge in [-0.25, -0.2) is 4.98 Å². The fourth-order valence-corrected chi connectivity index (χ4v) is 2.04. The fourth-order valence-electron chi connectivity index (χ4n) is 2.04. The Kier molecular flexibility index (Phi) is 4.59. The Morgan fingerprint density at radius 3 is 2.38 bits per heavy atom. The van der Waals surface area contributed by atoms with Crippen LogP contribution in [0.1, 0.15) is 27.7 Å². The highest BCUT2D eigenvalue weighted by Crippen LogP contribution is 2.21. The van der Waals surface area contributed by atoms with Gasteiger partial charge in [-0.2, -0.15) is 0 Å². The van der Waals surface area contributed by atoms with Crippen LogP contribution in [-0.2, 0) is 0 Å². The normalized spacial score (nSPS) is 11.4. The van der Waals surface area contributed by atoms with Crippen molar-refractivity contribution in [2.45, 2.75) is 27.7 Å². The molecule has 0 fully saturated rings. The molecule has 0 saturated heterocycles. The van der Waals surface area contributed by atoms with E-state index in [9.17, 15) is 0 Å². The maximum Gasteiger partial charge on any atom is 0.125 e. The van der Waals surface area contributed by atoms with Crippen molar-refractivity contribution in [2.24, 2.45) is 17.8 Å². The van der Waals surface area contributed by atoms with Gasteiger partial charge in [-0.15, -0.1) is 0 Å². The topological polar surface area (TPSA) is 50.9 Å². The number of rotatable bonds is 5. The molecule has 1 heterocycles. The molecule has 0 aliphatic heterocycles. The van der Waals surface area contributed by atoms with Gasteiger partial charge >= 0.3 is 0 Å². The largest absolute Gasteiger partial charge is 0.385 e. The van der Waals surface area contributed by atoms with Crippen molar-refractivity contribution >= 4 is 11.5 Å². The molecule has 0 aromatic carbocycles. The first-order valence-electron chi connectivity index (χ1n) is 5.96. The lowest BCUT2D eigenvalue weighted by Gasteiger charge is -2.25. The van der Waals surface area contributed by atoms with Crippen molar-refractivity contribution in [3.63, 3.8) is 0 Å². The molecular formula is C13H23N3. The van der Waals surface area contributed by atoms with E-state index in [1.54, 1.807) is 6.20 Å². The van der Waals surface area contributed by atoms with E-state index in [4.69, 9.17) is 5.73 Å². The third-order valence-electron chi connectivity index (χ3n) is 3.04. The van der Waals surface area contributed by atoms with Crippen LogP contribution in [0, 0.1) is 17.8 Å². The van der Waals surface area contributed by atoms with E-state index >= 15 is 0 Å². The van der Waals surface area contributed by atoms with E-state index in [-0.39, 0.29) is 0 Å². The lowest BCUT2D eigenvalue weighted by atomic mass is 9.85. The van der Waals surface area contributed by atoms with E-state index in [2.05, 4.69) is 38.0 Å². The van der Waals surface area contributed by atoms with Crippen LogP contribution < -0.4 is 11.1 Å². The van der Waals surface area contributed by atoms with Crippen molar-refractivity contribution in [3.8, 4) is 0 Å². The van der Waals surface area contributed by atoms with Crippen molar-refractivity contribution < 1.29 is 0 Å². The van der Waals surface area contributed by atoms with Gasteiger partial charge in [0, 0.05) is 24.5 Å². The Hall–Kier alpha value is -1.25. The van der Waals surface area contributed by atoms with Crippen molar-refractivity contribution in [1.82, 2.24) is 4.98 Å². The summed E-state index contributed by atoms with van der Waals surface area (Å²) in [5, 5.41) is 3.43. The van der Waals surface area contributed by atoms with Crippen LogP contribution in [0.3, 0.4) is 0 Å². The number of aromatic nitrogens is 1. The SMILES string of the molecule is CC(C)C(CNc1ccnc(N)c1)C(C)C. The van der Waals surface area contributed by atoms with Gasteiger partial charge in [0.05, 0.1) is 0 Å². The number of hydrogen-bond donors (Lipinski definition) is 2. The maximum atomic E-state index is 5.63. The first-order chi connectivity index (χ1) is 7.50. The number of anilines is 2. The van der Waals surface area contributed by atoms with Crippen molar-refractivity contribution in [1.29, 1.82) is 0 Å². The summed E-state index contributed by atoms with van der Waals surface area (Å²) in [7, 11) is 0.